The molecule has 2 aromatic heterocycles. The predicted octanol–water partition coefficient (Wildman–Crippen LogP) is 3.69. The molecule has 0 aliphatic carbocycles. The SMILES string of the molecule is Cc1cc(NC(=O)Cn2cc(S(=O)(=O)Cc3cccc(F)c3)c3ccccc32)no1. The van der Waals surface area contributed by atoms with Crippen molar-refractivity contribution in [1.29, 1.82) is 0 Å². The van der Waals surface area contributed by atoms with Gasteiger partial charge in [0.1, 0.15) is 18.1 Å². The van der Waals surface area contributed by atoms with Gasteiger partial charge in [0.2, 0.25) is 5.91 Å². The Morgan fingerprint density at radius 2 is 1.97 bits per heavy atom. The quantitative estimate of drug-likeness (QED) is 0.506. The highest BCUT2D eigenvalue weighted by atomic mass is 32.2. The second kappa shape index (κ2) is 7.75. The minimum atomic E-state index is -3.77. The fraction of sp³-hybridized carbons (Fsp3) is 0.143. The van der Waals surface area contributed by atoms with E-state index in [0.717, 1.165) is 0 Å². The molecule has 0 aliphatic heterocycles. The molecule has 4 aromatic rings. The molecule has 154 valence electrons. The normalized spacial score (nSPS) is 11.7. The minimum Gasteiger partial charge on any atom is -0.360 e. The van der Waals surface area contributed by atoms with E-state index < -0.39 is 15.7 Å². The Morgan fingerprint density at radius 1 is 1.17 bits per heavy atom. The molecule has 1 amide bonds. The Labute approximate surface area is 172 Å². The average Bonchev–Trinajstić information content (AvgIpc) is 3.25. The van der Waals surface area contributed by atoms with Crippen molar-refractivity contribution in [2.75, 3.05) is 5.32 Å². The number of para-hydroxylation sites is 1. The van der Waals surface area contributed by atoms with Crippen LogP contribution in [0.15, 0.2) is 70.2 Å². The van der Waals surface area contributed by atoms with E-state index in [1.807, 2.05) is 0 Å². The van der Waals surface area contributed by atoms with Crippen LogP contribution in [0, 0.1) is 12.7 Å². The summed E-state index contributed by atoms with van der Waals surface area (Å²) in [5, 5.41) is 6.83. The number of benzene rings is 2. The number of anilines is 1. The summed E-state index contributed by atoms with van der Waals surface area (Å²) in [6, 6.07) is 14.0. The lowest BCUT2D eigenvalue weighted by Crippen LogP contribution is -2.18. The van der Waals surface area contributed by atoms with Crippen molar-refractivity contribution in [3.8, 4) is 0 Å². The lowest BCUT2D eigenvalue weighted by Gasteiger charge is -2.05. The van der Waals surface area contributed by atoms with Gasteiger partial charge in [-0.15, -0.1) is 0 Å². The molecule has 2 aromatic carbocycles. The van der Waals surface area contributed by atoms with E-state index in [1.165, 1.54) is 24.4 Å². The number of amides is 1. The molecule has 0 unspecified atom stereocenters. The summed E-state index contributed by atoms with van der Waals surface area (Å²) in [4.78, 5) is 12.5. The second-order valence-corrected chi connectivity index (χ2v) is 8.86. The number of halogens is 1. The Balaban J connectivity index is 1.65. The molecule has 0 atom stereocenters. The van der Waals surface area contributed by atoms with E-state index in [1.54, 1.807) is 47.9 Å². The maximum atomic E-state index is 13.5. The lowest BCUT2D eigenvalue weighted by molar-refractivity contribution is -0.116. The molecule has 0 radical (unpaired) electrons. The molecule has 4 rings (SSSR count). The number of nitrogens with zero attached hydrogens (tertiary/aromatic N) is 2. The lowest BCUT2D eigenvalue weighted by atomic mass is 10.2. The summed E-state index contributed by atoms with van der Waals surface area (Å²) in [7, 11) is -3.77. The summed E-state index contributed by atoms with van der Waals surface area (Å²) >= 11 is 0. The van der Waals surface area contributed by atoms with Crippen LogP contribution >= 0.6 is 0 Å². The smallest absolute Gasteiger partial charge is 0.245 e. The highest BCUT2D eigenvalue weighted by molar-refractivity contribution is 7.90. The average molecular weight is 427 g/mol. The maximum absolute atomic E-state index is 13.5. The number of nitrogens with one attached hydrogen (secondary N) is 1. The number of carbonyl (C=O) groups is 1. The van der Waals surface area contributed by atoms with Gasteiger partial charge in [0, 0.05) is 23.2 Å². The van der Waals surface area contributed by atoms with Crippen LogP contribution in [-0.2, 0) is 26.9 Å². The summed E-state index contributed by atoms with van der Waals surface area (Å²) in [5.41, 5.74) is 0.952. The van der Waals surface area contributed by atoms with Crippen LogP contribution in [0.4, 0.5) is 10.2 Å². The van der Waals surface area contributed by atoms with Crippen LogP contribution in [0.3, 0.4) is 0 Å². The third-order valence-corrected chi connectivity index (χ3v) is 6.25. The zero-order valence-corrected chi connectivity index (χ0v) is 16.8. The van der Waals surface area contributed by atoms with Crippen molar-refractivity contribution in [1.82, 2.24) is 9.72 Å². The fourth-order valence-corrected chi connectivity index (χ4v) is 4.85. The van der Waals surface area contributed by atoms with Crippen LogP contribution in [0.1, 0.15) is 11.3 Å². The first-order chi connectivity index (χ1) is 14.3. The topological polar surface area (TPSA) is 94.2 Å². The van der Waals surface area contributed by atoms with Gasteiger partial charge in [-0.05, 0) is 30.7 Å². The summed E-state index contributed by atoms with van der Waals surface area (Å²) in [6.07, 6.45) is 1.44. The molecule has 0 fully saturated rings. The van der Waals surface area contributed by atoms with Gasteiger partial charge in [0.25, 0.3) is 0 Å². The van der Waals surface area contributed by atoms with Crippen molar-refractivity contribution >= 4 is 32.5 Å². The van der Waals surface area contributed by atoms with Gasteiger partial charge in [0.15, 0.2) is 15.7 Å². The van der Waals surface area contributed by atoms with E-state index in [0.29, 0.717) is 22.2 Å². The molecule has 0 saturated carbocycles. The third-order valence-electron chi connectivity index (χ3n) is 4.54. The number of hydrogen-bond donors (Lipinski definition) is 1. The molecular formula is C21H18FN3O4S. The van der Waals surface area contributed by atoms with E-state index >= 15 is 0 Å². The molecule has 0 spiro atoms. The zero-order valence-electron chi connectivity index (χ0n) is 16.0. The highest BCUT2D eigenvalue weighted by Gasteiger charge is 2.22. The first-order valence-electron chi connectivity index (χ1n) is 9.10. The van der Waals surface area contributed by atoms with Gasteiger partial charge < -0.3 is 14.4 Å². The number of aryl methyl sites for hydroxylation is 1. The van der Waals surface area contributed by atoms with Gasteiger partial charge in [-0.2, -0.15) is 0 Å². The maximum Gasteiger partial charge on any atom is 0.245 e. The number of carbonyl (C=O) groups excluding carboxylic acids is 1. The fourth-order valence-electron chi connectivity index (χ4n) is 3.28. The van der Waals surface area contributed by atoms with Crippen LogP contribution < -0.4 is 5.32 Å². The number of fused-ring (bicyclic) bond motifs is 1. The third kappa shape index (κ3) is 4.11. The van der Waals surface area contributed by atoms with Gasteiger partial charge >= 0.3 is 0 Å². The van der Waals surface area contributed by atoms with Crippen molar-refractivity contribution < 1.29 is 22.1 Å². The predicted molar refractivity (Wildman–Crippen MR) is 109 cm³/mol. The molecule has 7 nitrogen and oxygen atoms in total. The van der Waals surface area contributed by atoms with Crippen molar-refractivity contribution in [2.24, 2.45) is 0 Å². The van der Waals surface area contributed by atoms with Crippen molar-refractivity contribution in [3.63, 3.8) is 0 Å². The molecule has 2 heterocycles. The van der Waals surface area contributed by atoms with Crippen LogP contribution in [0.2, 0.25) is 0 Å². The Kier molecular flexibility index (Phi) is 5.13. The Hall–Kier alpha value is -3.46. The number of rotatable bonds is 6. The van der Waals surface area contributed by atoms with Gasteiger partial charge in [-0.25, -0.2) is 12.8 Å². The van der Waals surface area contributed by atoms with E-state index in [-0.39, 0.29) is 28.9 Å². The van der Waals surface area contributed by atoms with E-state index in [2.05, 4.69) is 10.5 Å². The highest BCUT2D eigenvalue weighted by Crippen LogP contribution is 2.28. The molecule has 0 saturated heterocycles. The molecule has 30 heavy (non-hydrogen) atoms. The van der Waals surface area contributed by atoms with E-state index in [9.17, 15) is 17.6 Å². The first kappa shape index (κ1) is 19.8. The summed E-state index contributed by atoms with van der Waals surface area (Å²) < 4.78 is 46.1. The molecule has 0 bridgehead atoms. The first-order valence-corrected chi connectivity index (χ1v) is 10.8. The summed E-state index contributed by atoms with van der Waals surface area (Å²) in [6.45, 7) is 1.60. The molecule has 1 N–H and O–H groups in total. The standard InChI is InChI=1S/C21H18FN3O4S/c1-14-9-20(24-29-14)23-21(26)12-25-11-19(17-7-2-3-8-18(17)25)30(27,28)13-15-5-4-6-16(22)10-15/h2-11H,12-13H2,1H3,(H,23,24,26). The van der Waals surface area contributed by atoms with Crippen LogP contribution in [0.5, 0.6) is 0 Å². The molecular weight excluding hydrogens is 409 g/mol. The van der Waals surface area contributed by atoms with Crippen molar-refractivity contribution in [2.45, 2.75) is 24.1 Å². The van der Waals surface area contributed by atoms with Gasteiger partial charge in [0.05, 0.1) is 10.6 Å². The van der Waals surface area contributed by atoms with Crippen molar-refractivity contribution in [3.05, 3.63) is 77.9 Å². The van der Waals surface area contributed by atoms with Crippen LogP contribution in [-0.4, -0.2) is 24.0 Å². The number of sulfone groups is 1. The van der Waals surface area contributed by atoms with Crippen LogP contribution in [0.25, 0.3) is 10.9 Å². The number of hydrogen-bond acceptors (Lipinski definition) is 5. The minimum absolute atomic E-state index is 0.0902. The Morgan fingerprint density at radius 3 is 2.70 bits per heavy atom. The summed E-state index contributed by atoms with van der Waals surface area (Å²) in [5.74, 6) is -0.373. The van der Waals surface area contributed by atoms with Gasteiger partial charge in [-0.3, -0.25) is 4.79 Å². The second-order valence-electron chi connectivity index (χ2n) is 6.90. The molecule has 0 aliphatic rings. The Bertz CT molecular complexity index is 1340. The number of aromatic nitrogens is 2. The molecule has 9 heteroatoms. The van der Waals surface area contributed by atoms with Gasteiger partial charge in [-0.1, -0.05) is 35.5 Å². The zero-order chi connectivity index (χ0) is 21.3. The van der Waals surface area contributed by atoms with E-state index in [4.69, 9.17) is 4.52 Å². The monoisotopic (exact) mass is 427 g/mol. The largest absolute Gasteiger partial charge is 0.360 e.